The molecule has 5 nitrogen and oxygen atoms in total. The van der Waals surface area contributed by atoms with Gasteiger partial charge in [-0.2, -0.15) is 0 Å². The van der Waals surface area contributed by atoms with Gasteiger partial charge in [-0.15, -0.1) is 0 Å². The molecule has 0 spiro atoms. The summed E-state index contributed by atoms with van der Waals surface area (Å²) in [5.41, 5.74) is -0.513. The van der Waals surface area contributed by atoms with Crippen molar-refractivity contribution in [3.63, 3.8) is 0 Å². The third-order valence-electron chi connectivity index (χ3n) is 4.45. The zero-order valence-electron chi connectivity index (χ0n) is 17.6. The van der Waals surface area contributed by atoms with Crippen molar-refractivity contribution in [3.05, 3.63) is 23.2 Å². The highest BCUT2D eigenvalue weighted by atomic mass is 35.5. The molecule has 1 atom stereocenters. The molecule has 1 aromatic rings. The van der Waals surface area contributed by atoms with Crippen molar-refractivity contribution in [2.24, 2.45) is 5.92 Å². The predicted molar refractivity (Wildman–Crippen MR) is 111 cm³/mol. The smallest absolute Gasteiger partial charge is 0.256 e. The number of amides is 1. The molecule has 0 bridgehead atoms. The first-order valence-electron chi connectivity index (χ1n) is 9.46. The van der Waals surface area contributed by atoms with Crippen LogP contribution in [0.15, 0.2) is 18.2 Å². The lowest BCUT2D eigenvalue weighted by atomic mass is 9.93. The molecule has 1 N–H and O–H groups in total. The lowest BCUT2D eigenvalue weighted by Crippen LogP contribution is -2.43. The monoisotopic (exact) mass is 399 g/mol. The first-order valence-corrected chi connectivity index (χ1v) is 9.83. The van der Waals surface area contributed by atoms with Crippen LogP contribution in [0.3, 0.4) is 0 Å². The Labute approximate surface area is 168 Å². The number of anilines is 1. The number of hydrogen-bond donors (Lipinski definition) is 1. The summed E-state index contributed by atoms with van der Waals surface area (Å²) in [6.45, 7) is 12.8. The summed E-state index contributed by atoms with van der Waals surface area (Å²) in [5, 5.41) is 3.36. The standard InChI is InChI=1S/C21H34ClNO4/c1-8-27-21(6,14-15(2)3)19(24)23-16-9-10-18(17(22)13-16)26-12-11-20(4,5)25-7/h9-10,13,15H,8,11-12,14H2,1-7H3,(H,23,24)/t21-/m0/s1. The van der Waals surface area contributed by atoms with Crippen molar-refractivity contribution < 1.29 is 19.0 Å². The molecule has 27 heavy (non-hydrogen) atoms. The Kier molecular flexibility index (Phi) is 9.06. The molecular weight excluding hydrogens is 366 g/mol. The third kappa shape index (κ3) is 7.68. The molecule has 0 aromatic heterocycles. The van der Waals surface area contributed by atoms with Gasteiger partial charge in [0.2, 0.25) is 0 Å². The molecule has 0 saturated carbocycles. The van der Waals surface area contributed by atoms with E-state index in [1.807, 2.05) is 27.7 Å². The summed E-state index contributed by atoms with van der Waals surface area (Å²) in [6, 6.07) is 5.23. The second-order valence-corrected chi connectivity index (χ2v) is 8.33. The molecule has 6 heteroatoms. The number of halogens is 1. The maximum Gasteiger partial charge on any atom is 0.256 e. The lowest BCUT2D eigenvalue weighted by Gasteiger charge is -2.30. The molecule has 1 aromatic carbocycles. The number of rotatable bonds is 11. The number of nitrogens with one attached hydrogen (secondary N) is 1. The Hall–Kier alpha value is -1.30. The topological polar surface area (TPSA) is 56.8 Å². The van der Waals surface area contributed by atoms with Gasteiger partial charge in [0.25, 0.3) is 5.91 Å². The van der Waals surface area contributed by atoms with E-state index in [9.17, 15) is 4.79 Å². The van der Waals surface area contributed by atoms with Crippen LogP contribution in [0, 0.1) is 5.92 Å². The molecule has 0 saturated heterocycles. The van der Waals surface area contributed by atoms with Gasteiger partial charge in [-0.05, 0) is 58.2 Å². The Bertz CT molecular complexity index is 618. The van der Waals surface area contributed by atoms with Crippen LogP contribution < -0.4 is 10.1 Å². The van der Waals surface area contributed by atoms with Crippen LogP contribution in [0.25, 0.3) is 0 Å². The van der Waals surface area contributed by atoms with Crippen molar-refractivity contribution in [2.45, 2.75) is 65.6 Å². The second-order valence-electron chi connectivity index (χ2n) is 7.92. The highest BCUT2D eigenvalue weighted by Crippen LogP contribution is 2.30. The van der Waals surface area contributed by atoms with Crippen molar-refractivity contribution in [1.82, 2.24) is 0 Å². The van der Waals surface area contributed by atoms with Gasteiger partial charge in [-0.1, -0.05) is 25.4 Å². The summed E-state index contributed by atoms with van der Waals surface area (Å²) < 4.78 is 16.9. The summed E-state index contributed by atoms with van der Waals surface area (Å²) in [6.07, 6.45) is 1.37. The van der Waals surface area contributed by atoms with Gasteiger partial charge >= 0.3 is 0 Å². The van der Waals surface area contributed by atoms with Crippen molar-refractivity contribution >= 4 is 23.2 Å². The average Bonchev–Trinajstić information content (AvgIpc) is 2.56. The number of methoxy groups -OCH3 is 1. The highest BCUT2D eigenvalue weighted by molar-refractivity contribution is 6.32. The van der Waals surface area contributed by atoms with Crippen LogP contribution in [-0.4, -0.2) is 37.4 Å². The van der Waals surface area contributed by atoms with E-state index in [1.54, 1.807) is 25.3 Å². The summed E-state index contributed by atoms with van der Waals surface area (Å²) in [7, 11) is 1.68. The minimum Gasteiger partial charge on any atom is -0.492 e. The largest absolute Gasteiger partial charge is 0.492 e. The fourth-order valence-corrected chi connectivity index (χ4v) is 3.02. The number of benzene rings is 1. The van der Waals surface area contributed by atoms with Crippen molar-refractivity contribution in [2.75, 3.05) is 25.6 Å². The SMILES string of the molecule is CCO[C@@](C)(CC(C)C)C(=O)Nc1ccc(OCCC(C)(C)OC)c(Cl)c1. The number of carbonyl (C=O) groups excluding carboxylic acids is 1. The fraction of sp³-hybridized carbons (Fsp3) is 0.667. The second kappa shape index (κ2) is 10.3. The first kappa shape index (κ1) is 23.7. The third-order valence-corrected chi connectivity index (χ3v) is 4.74. The van der Waals surface area contributed by atoms with Gasteiger partial charge in [-0.3, -0.25) is 4.79 Å². The Balaban J connectivity index is 2.76. The first-order chi connectivity index (χ1) is 12.5. The van der Waals surface area contributed by atoms with Crippen LogP contribution >= 0.6 is 11.6 Å². The van der Waals surface area contributed by atoms with Gasteiger partial charge in [0, 0.05) is 25.8 Å². The molecule has 0 aliphatic carbocycles. The highest BCUT2D eigenvalue weighted by Gasteiger charge is 2.34. The Morgan fingerprint density at radius 1 is 1.26 bits per heavy atom. The van der Waals surface area contributed by atoms with Crippen LogP contribution in [0.5, 0.6) is 5.75 Å². The number of hydrogen-bond acceptors (Lipinski definition) is 4. The average molecular weight is 400 g/mol. The van der Waals surface area contributed by atoms with Gasteiger partial charge in [0.05, 0.1) is 17.2 Å². The van der Waals surface area contributed by atoms with Crippen LogP contribution in [0.1, 0.15) is 54.4 Å². The maximum atomic E-state index is 12.7. The predicted octanol–water partition coefficient (Wildman–Crippen LogP) is 5.31. The van der Waals surface area contributed by atoms with E-state index in [0.29, 0.717) is 42.0 Å². The van der Waals surface area contributed by atoms with E-state index in [2.05, 4.69) is 19.2 Å². The molecule has 0 radical (unpaired) electrons. The molecule has 1 amide bonds. The lowest BCUT2D eigenvalue weighted by molar-refractivity contribution is -0.140. The van der Waals surface area contributed by atoms with Gasteiger partial charge < -0.3 is 19.5 Å². The molecular formula is C21H34ClNO4. The Morgan fingerprint density at radius 3 is 2.44 bits per heavy atom. The van der Waals surface area contributed by atoms with Crippen molar-refractivity contribution in [3.8, 4) is 5.75 Å². The van der Waals surface area contributed by atoms with Gasteiger partial charge in [0.15, 0.2) is 0 Å². The maximum absolute atomic E-state index is 12.7. The van der Waals surface area contributed by atoms with Crippen LogP contribution in [-0.2, 0) is 14.3 Å². The summed E-state index contributed by atoms with van der Waals surface area (Å²) in [4.78, 5) is 12.7. The molecule has 0 heterocycles. The molecule has 1 rings (SSSR count). The number of carbonyl (C=O) groups is 1. The fourth-order valence-electron chi connectivity index (χ4n) is 2.78. The Morgan fingerprint density at radius 2 is 1.93 bits per heavy atom. The van der Waals surface area contributed by atoms with Crippen LogP contribution in [0.4, 0.5) is 5.69 Å². The van der Waals surface area contributed by atoms with E-state index < -0.39 is 5.60 Å². The molecule has 0 unspecified atom stereocenters. The summed E-state index contributed by atoms with van der Waals surface area (Å²) in [5.74, 6) is 0.740. The van der Waals surface area contributed by atoms with Crippen LogP contribution in [0.2, 0.25) is 5.02 Å². The van der Waals surface area contributed by atoms with Crippen molar-refractivity contribution in [1.29, 1.82) is 0 Å². The van der Waals surface area contributed by atoms with E-state index in [0.717, 1.165) is 6.42 Å². The molecule has 0 fully saturated rings. The minimum absolute atomic E-state index is 0.176. The normalized spacial score (nSPS) is 14.1. The number of ether oxygens (including phenoxy) is 3. The zero-order valence-corrected chi connectivity index (χ0v) is 18.4. The quantitative estimate of drug-likeness (QED) is 0.547. The zero-order chi connectivity index (χ0) is 20.7. The molecule has 154 valence electrons. The van der Waals surface area contributed by atoms with E-state index >= 15 is 0 Å². The summed E-state index contributed by atoms with van der Waals surface area (Å²) >= 11 is 6.32. The van der Waals surface area contributed by atoms with E-state index in [4.69, 9.17) is 25.8 Å². The van der Waals surface area contributed by atoms with E-state index in [1.165, 1.54) is 0 Å². The molecule has 0 aliphatic rings. The van der Waals surface area contributed by atoms with Gasteiger partial charge in [0.1, 0.15) is 11.4 Å². The van der Waals surface area contributed by atoms with E-state index in [-0.39, 0.29) is 11.5 Å². The minimum atomic E-state index is -0.879. The van der Waals surface area contributed by atoms with Gasteiger partial charge in [-0.25, -0.2) is 0 Å². The molecule has 0 aliphatic heterocycles.